The highest BCUT2D eigenvalue weighted by Gasteiger charge is 2.27. The van der Waals surface area contributed by atoms with Gasteiger partial charge in [-0.05, 0) is 18.8 Å². The summed E-state index contributed by atoms with van der Waals surface area (Å²) in [5, 5.41) is 16.5. The fraction of sp³-hybridized carbons (Fsp3) is 0.818. The molecule has 2 rings (SSSR count). The fourth-order valence-corrected chi connectivity index (χ4v) is 1.83. The molecule has 5 nitrogen and oxygen atoms in total. The predicted octanol–water partition coefficient (Wildman–Crippen LogP) is 1.05. The van der Waals surface area contributed by atoms with Crippen molar-refractivity contribution in [3.8, 4) is 0 Å². The van der Waals surface area contributed by atoms with Crippen LogP contribution in [0.4, 0.5) is 0 Å². The molecule has 1 aromatic heterocycles. The van der Waals surface area contributed by atoms with Gasteiger partial charge in [0.1, 0.15) is 0 Å². The van der Waals surface area contributed by atoms with Crippen LogP contribution in [0.3, 0.4) is 0 Å². The van der Waals surface area contributed by atoms with E-state index in [1.165, 1.54) is 0 Å². The Balaban J connectivity index is 1.91. The van der Waals surface area contributed by atoms with Crippen LogP contribution in [-0.2, 0) is 6.42 Å². The van der Waals surface area contributed by atoms with Crippen LogP contribution in [0.15, 0.2) is 4.52 Å². The topological polar surface area (TPSA) is 71.2 Å². The number of aliphatic hydroxyl groups excluding tert-OH is 1. The molecular formula is C11H19N3O2. The Morgan fingerprint density at radius 2 is 2.38 bits per heavy atom. The minimum Gasteiger partial charge on any atom is -0.392 e. The second kappa shape index (κ2) is 4.93. The maximum absolute atomic E-state index is 9.39. The van der Waals surface area contributed by atoms with E-state index in [4.69, 9.17) is 4.52 Å². The summed E-state index contributed by atoms with van der Waals surface area (Å²) >= 11 is 0. The largest absolute Gasteiger partial charge is 0.392 e. The van der Waals surface area contributed by atoms with Crippen LogP contribution < -0.4 is 5.32 Å². The fourth-order valence-electron chi connectivity index (χ4n) is 1.83. The second-order valence-electron chi connectivity index (χ2n) is 4.83. The van der Waals surface area contributed by atoms with Gasteiger partial charge >= 0.3 is 0 Å². The van der Waals surface area contributed by atoms with Crippen LogP contribution in [0.1, 0.15) is 44.4 Å². The normalized spacial score (nSPS) is 25.5. The minimum absolute atomic E-state index is 0.0234. The molecule has 0 amide bonds. The SMILES string of the molecule is CC(C)CCc1noc([C@@H]2C[C@@H](O)CN2)n1. The third kappa shape index (κ3) is 2.80. The van der Waals surface area contributed by atoms with Crippen molar-refractivity contribution < 1.29 is 9.63 Å². The van der Waals surface area contributed by atoms with E-state index in [9.17, 15) is 5.11 Å². The number of nitrogens with zero attached hydrogens (tertiary/aromatic N) is 2. The summed E-state index contributed by atoms with van der Waals surface area (Å²) in [6.07, 6.45) is 2.29. The molecular weight excluding hydrogens is 206 g/mol. The molecule has 0 aromatic carbocycles. The summed E-state index contributed by atoms with van der Waals surface area (Å²) < 4.78 is 5.19. The molecule has 1 aromatic rings. The molecule has 5 heteroatoms. The number of aryl methyl sites for hydroxylation is 1. The molecule has 0 aliphatic carbocycles. The average Bonchev–Trinajstić information content (AvgIpc) is 2.83. The van der Waals surface area contributed by atoms with Crippen LogP contribution >= 0.6 is 0 Å². The summed E-state index contributed by atoms with van der Waals surface area (Å²) in [4.78, 5) is 4.35. The van der Waals surface area contributed by atoms with Crippen molar-refractivity contribution in [1.29, 1.82) is 0 Å². The molecule has 1 fully saturated rings. The van der Waals surface area contributed by atoms with E-state index in [1.54, 1.807) is 0 Å². The number of aliphatic hydroxyl groups is 1. The molecule has 2 atom stereocenters. The van der Waals surface area contributed by atoms with Gasteiger partial charge in [0.2, 0.25) is 5.89 Å². The molecule has 2 N–H and O–H groups in total. The van der Waals surface area contributed by atoms with E-state index in [0.717, 1.165) is 18.7 Å². The first-order valence-corrected chi connectivity index (χ1v) is 5.89. The highest BCUT2D eigenvalue weighted by molar-refractivity contribution is 4.97. The van der Waals surface area contributed by atoms with Gasteiger partial charge in [-0.15, -0.1) is 0 Å². The molecule has 0 bridgehead atoms. The highest BCUT2D eigenvalue weighted by Crippen LogP contribution is 2.22. The third-order valence-electron chi connectivity index (χ3n) is 2.83. The Morgan fingerprint density at radius 3 is 3.00 bits per heavy atom. The third-order valence-corrected chi connectivity index (χ3v) is 2.83. The molecule has 90 valence electrons. The maximum Gasteiger partial charge on any atom is 0.243 e. The van der Waals surface area contributed by atoms with Crippen molar-refractivity contribution >= 4 is 0 Å². The first-order chi connectivity index (χ1) is 7.65. The van der Waals surface area contributed by atoms with E-state index < -0.39 is 0 Å². The summed E-state index contributed by atoms with van der Waals surface area (Å²) in [7, 11) is 0. The summed E-state index contributed by atoms with van der Waals surface area (Å²) in [6, 6.07) is 0.0234. The zero-order chi connectivity index (χ0) is 11.5. The van der Waals surface area contributed by atoms with E-state index in [-0.39, 0.29) is 12.1 Å². The van der Waals surface area contributed by atoms with Gasteiger partial charge in [-0.1, -0.05) is 19.0 Å². The number of β-amino-alcohol motifs (C(OH)–C–C–N with tert-alkyl or cyclic N) is 1. The van der Waals surface area contributed by atoms with Crippen molar-refractivity contribution in [3.63, 3.8) is 0 Å². The summed E-state index contributed by atoms with van der Waals surface area (Å²) in [6.45, 7) is 4.96. The zero-order valence-electron chi connectivity index (χ0n) is 9.81. The smallest absolute Gasteiger partial charge is 0.243 e. The van der Waals surface area contributed by atoms with Gasteiger partial charge in [0.25, 0.3) is 0 Å². The van der Waals surface area contributed by atoms with Gasteiger partial charge in [0.15, 0.2) is 5.82 Å². The van der Waals surface area contributed by atoms with Crippen LogP contribution in [0.5, 0.6) is 0 Å². The lowest BCUT2D eigenvalue weighted by atomic mass is 10.1. The van der Waals surface area contributed by atoms with Crippen molar-refractivity contribution in [2.45, 2.75) is 45.3 Å². The van der Waals surface area contributed by atoms with Gasteiger partial charge in [0.05, 0.1) is 12.1 Å². The van der Waals surface area contributed by atoms with Crippen LogP contribution in [-0.4, -0.2) is 27.9 Å². The lowest BCUT2D eigenvalue weighted by Gasteiger charge is -2.01. The van der Waals surface area contributed by atoms with E-state index in [0.29, 0.717) is 24.8 Å². The Kier molecular flexibility index (Phi) is 3.56. The van der Waals surface area contributed by atoms with Gasteiger partial charge < -0.3 is 14.9 Å². The molecule has 1 aliphatic rings. The van der Waals surface area contributed by atoms with Crippen LogP contribution in [0.25, 0.3) is 0 Å². The lowest BCUT2D eigenvalue weighted by Crippen LogP contribution is -2.15. The number of hydrogen-bond acceptors (Lipinski definition) is 5. The number of rotatable bonds is 4. The number of nitrogens with one attached hydrogen (secondary N) is 1. The van der Waals surface area contributed by atoms with Crippen molar-refractivity contribution in [2.75, 3.05) is 6.54 Å². The molecule has 2 heterocycles. The quantitative estimate of drug-likeness (QED) is 0.801. The van der Waals surface area contributed by atoms with E-state index >= 15 is 0 Å². The van der Waals surface area contributed by atoms with Crippen molar-refractivity contribution in [1.82, 2.24) is 15.5 Å². The lowest BCUT2D eigenvalue weighted by molar-refractivity contribution is 0.191. The van der Waals surface area contributed by atoms with Crippen LogP contribution in [0.2, 0.25) is 0 Å². The highest BCUT2D eigenvalue weighted by atomic mass is 16.5. The predicted molar refractivity (Wildman–Crippen MR) is 58.8 cm³/mol. The number of aromatic nitrogens is 2. The first-order valence-electron chi connectivity index (χ1n) is 5.89. The molecule has 0 saturated carbocycles. The average molecular weight is 225 g/mol. The molecule has 1 saturated heterocycles. The minimum atomic E-state index is -0.295. The Labute approximate surface area is 95.2 Å². The first kappa shape index (κ1) is 11.5. The number of hydrogen-bond donors (Lipinski definition) is 2. The summed E-state index contributed by atoms with van der Waals surface area (Å²) in [5.74, 6) is 2.02. The van der Waals surface area contributed by atoms with Crippen LogP contribution in [0, 0.1) is 5.92 Å². The van der Waals surface area contributed by atoms with Crippen molar-refractivity contribution in [2.24, 2.45) is 5.92 Å². The molecule has 0 unspecified atom stereocenters. The van der Waals surface area contributed by atoms with Gasteiger partial charge in [-0.3, -0.25) is 0 Å². The Hall–Kier alpha value is -0.940. The van der Waals surface area contributed by atoms with E-state index in [2.05, 4.69) is 29.3 Å². The maximum atomic E-state index is 9.39. The molecule has 16 heavy (non-hydrogen) atoms. The zero-order valence-corrected chi connectivity index (χ0v) is 9.81. The monoisotopic (exact) mass is 225 g/mol. The van der Waals surface area contributed by atoms with E-state index in [1.807, 2.05) is 0 Å². The summed E-state index contributed by atoms with van der Waals surface area (Å²) in [5.41, 5.74) is 0. The molecule has 1 aliphatic heterocycles. The van der Waals surface area contributed by atoms with Gasteiger partial charge in [-0.25, -0.2) is 0 Å². The second-order valence-corrected chi connectivity index (χ2v) is 4.83. The van der Waals surface area contributed by atoms with Gasteiger partial charge in [0, 0.05) is 13.0 Å². The van der Waals surface area contributed by atoms with Gasteiger partial charge in [-0.2, -0.15) is 4.98 Å². The standard InChI is InChI=1S/C11H19N3O2/c1-7(2)3-4-10-13-11(16-14-10)9-5-8(15)6-12-9/h7-9,12,15H,3-6H2,1-2H3/t8-,9+/m1/s1. The Bertz CT molecular complexity index is 338. The van der Waals surface area contributed by atoms with Crippen molar-refractivity contribution in [3.05, 3.63) is 11.7 Å². The molecule has 0 spiro atoms. The Morgan fingerprint density at radius 1 is 1.56 bits per heavy atom. The molecule has 0 radical (unpaired) electrons.